The van der Waals surface area contributed by atoms with Gasteiger partial charge in [0.05, 0.1) is 22.4 Å². The van der Waals surface area contributed by atoms with E-state index in [9.17, 15) is 0 Å². The molecule has 0 saturated heterocycles. The van der Waals surface area contributed by atoms with Crippen LogP contribution in [0.25, 0.3) is 61.3 Å². The van der Waals surface area contributed by atoms with E-state index < -0.39 is 0 Å². The van der Waals surface area contributed by atoms with Gasteiger partial charge in [0.15, 0.2) is 0 Å². The number of rotatable bonds is 10. The molecule has 6 aromatic carbocycles. The van der Waals surface area contributed by atoms with Gasteiger partial charge in [-0.2, -0.15) is 0 Å². The number of benzene rings is 6. The molecule has 0 fully saturated rings. The number of pyridine rings is 1. The van der Waals surface area contributed by atoms with E-state index in [-0.39, 0.29) is 5.41 Å². The quantitative estimate of drug-likeness (QED) is 0.102. The summed E-state index contributed by atoms with van der Waals surface area (Å²) in [5, 5.41) is 2.33. The number of aromatic nitrogens is 4. The Kier molecular flexibility index (Phi) is 10.7. The lowest BCUT2D eigenvalue weighted by Gasteiger charge is -2.23. The van der Waals surface area contributed by atoms with Gasteiger partial charge in [0, 0.05) is 35.4 Å². The molecule has 5 nitrogen and oxygen atoms in total. The molecule has 62 heavy (non-hydrogen) atoms. The lowest BCUT2D eigenvalue weighted by molar-refractivity contribution is -0.599. The van der Waals surface area contributed by atoms with Gasteiger partial charge in [0.25, 0.3) is 6.33 Å². The molecule has 9 rings (SSSR count). The summed E-state index contributed by atoms with van der Waals surface area (Å²) in [5.41, 5.74) is 14.3. The Labute approximate surface area is 366 Å². The largest absolute Gasteiger partial charge is 0.458 e. The summed E-state index contributed by atoms with van der Waals surface area (Å²) in [4.78, 5) is 4.89. The minimum absolute atomic E-state index is 0.0121. The molecule has 9 aromatic rings. The van der Waals surface area contributed by atoms with Gasteiger partial charge in [-0.15, -0.1) is 0 Å². The van der Waals surface area contributed by atoms with E-state index in [4.69, 9.17) is 9.72 Å². The summed E-state index contributed by atoms with van der Waals surface area (Å²) >= 11 is 0. The Morgan fingerprint density at radius 2 is 1.31 bits per heavy atom. The average molecular weight is 813 g/mol. The molecule has 0 unspecified atom stereocenters. The van der Waals surface area contributed by atoms with Gasteiger partial charge < -0.3 is 4.74 Å². The second-order valence-corrected chi connectivity index (χ2v) is 18.6. The molecule has 0 aliphatic rings. The van der Waals surface area contributed by atoms with Crippen molar-refractivity contribution in [3.05, 3.63) is 187 Å². The molecule has 0 aliphatic carbocycles. The summed E-state index contributed by atoms with van der Waals surface area (Å²) < 4.78 is 13.2. The van der Waals surface area contributed by atoms with E-state index in [0.29, 0.717) is 17.8 Å². The van der Waals surface area contributed by atoms with Crippen molar-refractivity contribution in [3.8, 4) is 50.9 Å². The summed E-state index contributed by atoms with van der Waals surface area (Å²) in [5.74, 6) is 3.63. The first kappa shape index (κ1) is 40.7. The first-order chi connectivity index (χ1) is 29.8. The summed E-state index contributed by atoms with van der Waals surface area (Å²) in [6.07, 6.45) is 9.71. The molecule has 0 radical (unpaired) electrons. The number of hydrogen-bond acceptors (Lipinski definition) is 2. The minimum Gasteiger partial charge on any atom is -0.458 e. The average Bonchev–Trinajstić information content (AvgIpc) is 3.90. The third-order valence-electron chi connectivity index (χ3n) is 12.1. The molecule has 3 heterocycles. The zero-order chi connectivity index (χ0) is 43.3. The Balaban J connectivity index is 1.11. The SMILES string of the molecule is CC(C)c1cc(C(C)C)c(-c2cccc(-[n+]3[c-]n(-c4cc(Oc5ccc6c7ccccc7n(-c7cc(C(C)(C)C)ccn7)c6c5)cc(-c5ccccc5)c4)cc3)c2)c(C(C)C)c1. The lowest BCUT2D eigenvalue weighted by Crippen LogP contribution is -2.28. The van der Waals surface area contributed by atoms with E-state index >= 15 is 0 Å². The van der Waals surface area contributed by atoms with Crippen LogP contribution in [0.1, 0.15) is 102 Å². The number of fused-ring (bicyclic) bond motifs is 3. The van der Waals surface area contributed by atoms with Crippen LogP contribution in [0, 0.1) is 6.33 Å². The molecule has 3 aromatic heterocycles. The fourth-order valence-electron chi connectivity index (χ4n) is 8.69. The number of ether oxygens (including phenoxy) is 1. The van der Waals surface area contributed by atoms with Crippen molar-refractivity contribution in [3.63, 3.8) is 0 Å². The second-order valence-electron chi connectivity index (χ2n) is 18.6. The Morgan fingerprint density at radius 3 is 2.03 bits per heavy atom. The molecule has 0 saturated carbocycles. The highest BCUT2D eigenvalue weighted by atomic mass is 16.5. The third-order valence-corrected chi connectivity index (χ3v) is 12.1. The summed E-state index contributed by atoms with van der Waals surface area (Å²) in [7, 11) is 0. The molecule has 0 spiro atoms. The van der Waals surface area contributed by atoms with E-state index in [1.807, 2.05) is 6.20 Å². The number of hydrogen-bond donors (Lipinski definition) is 0. The topological polar surface area (TPSA) is 35.9 Å². The predicted octanol–water partition coefficient (Wildman–Crippen LogP) is 14.8. The van der Waals surface area contributed by atoms with Crippen LogP contribution in [0.15, 0.2) is 158 Å². The maximum absolute atomic E-state index is 6.85. The van der Waals surface area contributed by atoms with E-state index in [1.54, 1.807) is 0 Å². The van der Waals surface area contributed by atoms with E-state index in [2.05, 4.69) is 234 Å². The second kappa shape index (κ2) is 16.3. The van der Waals surface area contributed by atoms with Crippen molar-refractivity contribution in [2.45, 2.75) is 85.5 Å². The third kappa shape index (κ3) is 7.84. The van der Waals surface area contributed by atoms with Gasteiger partial charge in [-0.05, 0) is 128 Å². The van der Waals surface area contributed by atoms with Crippen LogP contribution in [-0.4, -0.2) is 14.1 Å². The maximum Gasteiger partial charge on any atom is 0.268 e. The highest BCUT2D eigenvalue weighted by Gasteiger charge is 2.21. The Hall–Kier alpha value is -6.72. The van der Waals surface area contributed by atoms with Gasteiger partial charge >= 0.3 is 0 Å². The van der Waals surface area contributed by atoms with Gasteiger partial charge in [0.2, 0.25) is 0 Å². The van der Waals surface area contributed by atoms with Crippen LogP contribution in [0.5, 0.6) is 11.5 Å². The van der Waals surface area contributed by atoms with Crippen molar-refractivity contribution in [2.75, 3.05) is 0 Å². The van der Waals surface area contributed by atoms with Crippen molar-refractivity contribution in [1.82, 2.24) is 14.1 Å². The van der Waals surface area contributed by atoms with Crippen molar-refractivity contribution in [1.29, 1.82) is 0 Å². The molecule has 0 amide bonds. The van der Waals surface area contributed by atoms with E-state index in [0.717, 1.165) is 56.2 Å². The zero-order valence-electron chi connectivity index (χ0n) is 37.4. The van der Waals surface area contributed by atoms with Crippen LogP contribution in [0.4, 0.5) is 0 Å². The van der Waals surface area contributed by atoms with Crippen molar-refractivity contribution in [2.24, 2.45) is 0 Å². The zero-order valence-corrected chi connectivity index (χ0v) is 37.4. The molecule has 0 bridgehead atoms. The molecular weight excluding hydrogens is 757 g/mol. The van der Waals surface area contributed by atoms with Crippen LogP contribution >= 0.6 is 0 Å². The monoisotopic (exact) mass is 812 g/mol. The predicted molar refractivity (Wildman–Crippen MR) is 257 cm³/mol. The highest BCUT2D eigenvalue weighted by molar-refractivity contribution is 6.09. The smallest absolute Gasteiger partial charge is 0.268 e. The van der Waals surface area contributed by atoms with Crippen LogP contribution < -0.4 is 9.30 Å². The fraction of sp³-hybridized carbons (Fsp3) is 0.228. The molecular formula is C57H56N4O. The standard InChI is InChI=1S/C57H56N4O/c1-37(2)42-31-51(38(3)4)56(52(32-42)39(5)6)41-18-15-19-45(28-41)59-26-27-60(36-59)46-29-43(40-16-11-10-12-17-40)30-48(34-46)62-47-22-23-50-49-20-13-14-21-53(49)61(54(50)35-47)55-33-44(24-25-58-55)57(7,8)9/h10-35,37-39H,1-9H3. The highest BCUT2D eigenvalue weighted by Crippen LogP contribution is 2.40. The number of para-hydroxylation sites is 1. The molecule has 310 valence electrons. The van der Waals surface area contributed by atoms with E-state index in [1.165, 1.54) is 38.8 Å². The minimum atomic E-state index is -0.0121. The first-order valence-corrected chi connectivity index (χ1v) is 22.0. The summed E-state index contributed by atoms with van der Waals surface area (Å²) in [6, 6.07) is 49.9. The molecule has 0 N–H and O–H groups in total. The number of imidazole rings is 1. The van der Waals surface area contributed by atoms with Crippen molar-refractivity contribution >= 4 is 21.8 Å². The first-order valence-electron chi connectivity index (χ1n) is 22.0. The Bertz CT molecular complexity index is 3040. The lowest BCUT2D eigenvalue weighted by atomic mass is 9.82. The van der Waals surface area contributed by atoms with Gasteiger partial charge in [-0.3, -0.25) is 13.7 Å². The normalized spacial score (nSPS) is 12.1. The number of nitrogens with zero attached hydrogens (tertiary/aromatic N) is 4. The maximum atomic E-state index is 6.85. The van der Waals surface area contributed by atoms with Crippen molar-refractivity contribution < 1.29 is 9.30 Å². The molecule has 5 heteroatoms. The van der Waals surface area contributed by atoms with Gasteiger partial charge in [-0.1, -0.05) is 135 Å². The molecule has 0 aliphatic heterocycles. The van der Waals surface area contributed by atoms with Crippen LogP contribution in [0.2, 0.25) is 0 Å². The van der Waals surface area contributed by atoms with Gasteiger partial charge in [-0.25, -0.2) is 4.98 Å². The Morgan fingerprint density at radius 1 is 0.597 bits per heavy atom. The summed E-state index contributed by atoms with van der Waals surface area (Å²) in [6.45, 7) is 20.5. The molecule has 0 atom stereocenters. The van der Waals surface area contributed by atoms with Gasteiger partial charge in [0.1, 0.15) is 17.3 Å². The van der Waals surface area contributed by atoms with Crippen LogP contribution in [0.3, 0.4) is 0 Å². The van der Waals surface area contributed by atoms with Crippen LogP contribution in [-0.2, 0) is 5.41 Å². The fourth-order valence-corrected chi connectivity index (χ4v) is 8.69.